The average Bonchev–Trinajstić information content (AvgIpc) is 2.51. The Balaban J connectivity index is 1.93. The zero-order chi connectivity index (χ0) is 16.1. The number of hydrogen-bond acceptors (Lipinski definition) is 5. The van der Waals surface area contributed by atoms with Gasteiger partial charge >= 0.3 is 5.97 Å². The second-order valence-corrected chi connectivity index (χ2v) is 6.00. The van der Waals surface area contributed by atoms with Crippen molar-refractivity contribution in [3.05, 3.63) is 22.7 Å². The molecular formula is C16H23ClN2O3. The van der Waals surface area contributed by atoms with Crippen LogP contribution in [0.25, 0.3) is 0 Å². The van der Waals surface area contributed by atoms with E-state index in [1.807, 2.05) is 0 Å². The number of ether oxygens (including phenoxy) is 2. The molecule has 2 N–H and O–H groups in total. The number of benzene rings is 1. The van der Waals surface area contributed by atoms with Gasteiger partial charge in [0.2, 0.25) is 0 Å². The van der Waals surface area contributed by atoms with Gasteiger partial charge in [-0.2, -0.15) is 0 Å². The predicted octanol–water partition coefficient (Wildman–Crippen LogP) is 2.96. The molecule has 6 heteroatoms. The Hall–Kier alpha value is -1.46. The minimum atomic E-state index is -0.441. The van der Waals surface area contributed by atoms with Crippen LogP contribution in [-0.4, -0.2) is 43.7 Å². The van der Waals surface area contributed by atoms with Crippen LogP contribution in [0.4, 0.5) is 5.69 Å². The van der Waals surface area contributed by atoms with Gasteiger partial charge in [-0.3, -0.25) is 4.90 Å². The quantitative estimate of drug-likeness (QED) is 0.665. The maximum absolute atomic E-state index is 12.2. The van der Waals surface area contributed by atoms with Gasteiger partial charge in [0.1, 0.15) is 17.9 Å². The Morgan fingerprint density at radius 3 is 2.91 bits per heavy atom. The fourth-order valence-electron chi connectivity index (χ4n) is 2.72. The van der Waals surface area contributed by atoms with Crippen LogP contribution in [0.1, 0.15) is 36.5 Å². The maximum Gasteiger partial charge on any atom is 0.342 e. The summed E-state index contributed by atoms with van der Waals surface area (Å²) in [5.74, 6) is -0.0679. The molecule has 1 fully saturated rings. The number of carbonyl (C=O) groups excluding carboxylic acids is 1. The minimum Gasteiger partial charge on any atom is -0.496 e. The summed E-state index contributed by atoms with van der Waals surface area (Å²) in [5, 5.41) is 0.317. The van der Waals surface area contributed by atoms with Crippen LogP contribution in [0.3, 0.4) is 0 Å². The molecule has 1 heterocycles. The van der Waals surface area contributed by atoms with Crippen LogP contribution >= 0.6 is 11.6 Å². The molecule has 1 aromatic carbocycles. The molecule has 0 bridgehead atoms. The lowest BCUT2D eigenvalue weighted by atomic mass is 10.0. The van der Waals surface area contributed by atoms with Crippen molar-refractivity contribution in [1.29, 1.82) is 0 Å². The first kappa shape index (κ1) is 16.9. The third-order valence-corrected chi connectivity index (χ3v) is 4.42. The Morgan fingerprint density at radius 2 is 2.23 bits per heavy atom. The fraction of sp³-hybridized carbons (Fsp3) is 0.562. The number of esters is 1. The van der Waals surface area contributed by atoms with E-state index in [0.29, 0.717) is 34.7 Å². The van der Waals surface area contributed by atoms with E-state index < -0.39 is 5.97 Å². The zero-order valence-corrected chi connectivity index (χ0v) is 13.9. The third kappa shape index (κ3) is 4.05. The number of hydrogen-bond donors (Lipinski definition) is 1. The monoisotopic (exact) mass is 326 g/mol. The molecule has 1 aliphatic heterocycles. The lowest BCUT2D eigenvalue weighted by Crippen LogP contribution is -2.39. The van der Waals surface area contributed by atoms with Gasteiger partial charge in [0, 0.05) is 18.7 Å². The standard InChI is InChI=1S/C16H23ClN2O3/c1-11-5-3-4-6-19(11)7-8-22-16(20)12-9-13(17)14(18)10-15(12)21-2/h9-11H,3-8,18H2,1-2H3/t11-/m0/s1. The molecule has 22 heavy (non-hydrogen) atoms. The highest BCUT2D eigenvalue weighted by atomic mass is 35.5. The maximum atomic E-state index is 12.2. The smallest absolute Gasteiger partial charge is 0.342 e. The molecule has 0 saturated carbocycles. The van der Waals surface area contributed by atoms with Crippen molar-refractivity contribution >= 4 is 23.3 Å². The van der Waals surface area contributed by atoms with Gasteiger partial charge in [0.05, 0.1) is 17.8 Å². The number of rotatable bonds is 5. The normalized spacial score (nSPS) is 19.0. The highest BCUT2D eigenvalue weighted by Crippen LogP contribution is 2.29. The molecule has 0 aromatic heterocycles. The summed E-state index contributed by atoms with van der Waals surface area (Å²) in [7, 11) is 1.48. The SMILES string of the molecule is COc1cc(N)c(Cl)cc1C(=O)OCCN1CCCC[C@@H]1C. The summed E-state index contributed by atoms with van der Waals surface area (Å²) >= 11 is 5.97. The van der Waals surface area contributed by atoms with E-state index in [4.69, 9.17) is 26.8 Å². The molecular weight excluding hydrogens is 304 g/mol. The highest BCUT2D eigenvalue weighted by molar-refractivity contribution is 6.33. The van der Waals surface area contributed by atoms with E-state index >= 15 is 0 Å². The summed E-state index contributed by atoms with van der Waals surface area (Å²) in [5.41, 5.74) is 6.38. The molecule has 1 saturated heterocycles. The third-order valence-electron chi connectivity index (χ3n) is 4.09. The Bertz CT molecular complexity index is 536. The number of carbonyl (C=O) groups is 1. The van der Waals surface area contributed by atoms with Crippen molar-refractivity contribution in [1.82, 2.24) is 4.90 Å². The number of likely N-dealkylation sites (tertiary alicyclic amines) is 1. The van der Waals surface area contributed by atoms with Crippen LogP contribution in [0.2, 0.25) is 5.02 Å². The molecule has 5 nitrogen and oxygen atoms in total. The van der Waals surface area contributed by atoms with Gasteiger partial charge in [0.25, 0.3) is 0 Å². The topological polar surface area (TPSA) is 64.8 Å². The van der Waals surface area contributed by atoms with E-state index in [2.05, 4.69) is 11.8 Å². The Morgan fingerprint density at radius 1 is 1.45 bits per heavy atom. The van der Waals surface area contributed by atoms with E-state index in [-0.39, 0.29) is 0 Å². The summed E-state index contributed by atoms with van der Waals surface area (Å²) in [6, 6.07) is 3.57. The highest BCUT2D eigenvalue weighted by Gasteiger charge is 2.20. The van der Waals surface area contributed by atoms with Crippen molar-refractivity contribution < 1.29 is 14.3 Å². The zero-order valence-electron chi connectivity index (χ0n) is 13.1. The number of anilines is 1. The van der Waals surface area contributed by atoms with Crippen molar-refractivity contribution in [2.75, 3.05) is 32.5 Å². The van der Waals surface area contributed by atoms with Crippen LogP contribution in [-0.2, 0) is 4.74 Å². The van der Waals surface area contributed by atoms with Crippen molar-refractivity contribution in [2.24, 2.45) is 0 Å². The summed E-state index contributed by atoms with van der Waals surface area (Å²) in [4.78, 5) is 14.5. The van der Waals surface area contributed by atoms with E-state index in [1.54, 1.807) is 0 Å². The largest absolute Gasteiger partial charge is 0.496 e. The van der Waals surface area contributed by atoms with Crippen molar-refractivity contribution in [3.63, 3.8) is 0 Å². The van der Waals surface area contributed by atoms with Crippen molar-refractivity contribution in [2.45, 2.75) is 32.2 Å². The summed E-state index contributed by atoms with van der Waals surface area (Å²) in [6.07, 6.45) is 3.69. The molecule has 1 atom stereocenters. The summed E-state index contributed by atoms with van der Waals surface area (Å²) < 4.78 is 10.5. The molecule has 0 amide bonds. The fourth-order valence-corrected chi connectivity index (χ4v) is 2.88. The van der Waals surface area contributed by atoms with Crippen molar-refractivity contribution in [3.8, 4) is 5.75 Å². The number of piperidine rings is 1. The lowest BCUT2D eigenvalue weighted by molar-refractivity contribution is 0.0413. The first-order chi connectivity index (χ1) is 10.5. The number of halogens is 1. The molecule has 0 aliphatic carbocycles. The average molecular weight is 327 g/mol. The molecule has 1 aromatic rings. The number of methoxy groups -OCH3 is 1. The molecule has 0 radical (unpaired) electrons. The molecule has 122 valence electrons. The van der Waals surface area contributed by atoms with E-state index in [1.165, 1.54) is 38.5 Å². The first-order valence-electron chi connectivity index (χ1n) is 7.57. The van der Waals surface area contributed by atoms with E-state index in [9.17, 15) is 4.79 Å². The number of nitrogen functional groups attached to an aromatic ring is 1. The van der Waals surface area contributed by atoms with Gasteiger partial charge in [-0.25, -0.2) is 4.79 Å². The van der Waals surface area contributed by atoms with Gasteiger partial charge in [-0.15, -0.1) is 0 Å². The van der Waals surface area contributed by atoms with Gasteiger partial charge in [0.15, 0.2) is 0 Å². The van der Waals surface area contributed by atoms with Crippen LogP contribution in [0, 0.1) is 0 Å². The predicted molar refractivity (Wildman–Crippen MR) is 87.6 cm³/mol. The number of nitrogens with two attached hydrogens (primary N) is 1. The van der Waals surface area contributed by atoms with Gasteiger partial charge < -0.3 is 15.2 Å². The Labute approximate surface area is 136 Å². The second-order valence-electron chi connectivity index (χ2n) is 5.59. The Kier molecular flexibility index (Phi) is 5.91. The van der Waals surface area contributed by atoms with Gasteiger partial charge in [-0.1, -0.05) is 18.0 Å². The van der Waals surface area contributed by atoms with Gasteiger partial charge in [-0.05, 0) is 32.4 Å². The first-order valence-corrected chi connectivity index (χ1v) is 7.95. The molecule has 0 unspecified atom stereocenters. The van der Waals surface area contributed by atoms with Crippen LogP contribution < -0.4 is 10.5 Å². The van der Waals surface area contributed by atoms with E-state index in [0.717, 1.165) is 13.1 Å². The molecule has 2 rings (SSSR count). The molecule has 0 spiro atoms. The minimum absolute atomic E-state index is 0.299. The number of nitrogens with zero attached hydrogens (tertiary/aromatic N) is 1. The van der Waals surface area contributed by atoms with Crippen LogP contribution in [0.5, 0.6) is 5.75 Å². The second kappa shape index (κ2) is 7.70. The molecule has 1 aliphatic rings. The lowest BCUT2D eigenvalue weighted by Gasteiger charge is -2.32. The van der Waals surface area contributed by atoms with Crippen LogP contribution in [0.15, 0.2) is 12.1 Å². The summed E-state index contributed by atoms with van der Waals surface area (Å²) in [6.45, 7) is 4.38.